The van der Waals surface area contributed by atoms with Crippen molar-refractivity contribution in [1.29, 1.82) is 0 Å². The van der Waals surface area contributed by atoms with E-state index in [9.17, 15) is 4.79 Å². The Bertz CT molecular complexity index is 628. The summed E-state index contributed by atoms with van der Waals surface area (Å²) in [6, 6.07) is 15.0. The van der Waals surface area contributed by atoms with Gasteiger partial charge in [-0.05, 0) is 48.5 Å². The largest absolute Gasteiger partial charge is 0.497 e. The Kier molecular flexibility index (Phi) is 4.39. The van der Waals surface area contributed by atoms with E-state index >= 15 is 0 Å². The zero-order valence-electron chi connectivity index (χ0n) is 12.6. The van der Waals surface area contributed by atoms with Crippen LogP contribution in [0.1, 0.15) is 15.9 Å². The summed E-state index contributed by atoms with van der Waals surface area (Å²) >= 11 is 0. The van der Waals surface area contributed by atoms with Gasteiger partial charge < -0.3 is 14.4 Å². The van der Waals surface area contributed by atoms with Gasteiger partial charge in [-0.25, -0.2) is 0 Å². The van der Waals surface area contributed by atoms with E-state index in [4.69, 9.17) is 9.47 Å². The molecule has 4 nitrogen and oxygen atoms in total. The summed E-state index contributed by atoms with van der Waals surface area (Å²) in [4.78, 5) is 14.7. The molecule has 1 saturated heterocycles. The van der Waals surface area contributed by atoms with Crippen molar-refractivity contribution < 1.29 is 14.3 Å². The summed E-state index contributed by atoms with van der Waals surface area (Å²) in [6.07, 6.45) is 0. The van der Waals surface area contributed by atoms with Crippen LogP contribution in [-0.2, 0) is 4.74 Å². The van der Waals surface area contributed by atoms with Crippen molar-refractivity contribution in [2.75, 3.05) is 38.3 Å². The Morgan fingerprint density at radius 2 is 1.50 bits per heavy atom. The molecule has 0 N–H and O–H groups in total. The molecule has 1 fully saturated rings. The zero-order chi connectivity index (χ0) is 15.4. The molecule has 0 saturated carbocycles. The molecule has 1 aliphatic rings. The van der Waals surface area contributed by atoms with Crippen LogP contribution < -0.4 is 9.64 Å². The summed E-state index contributed by atoms with van der Waals surface area (Å²) in [5.41, 5.74) is 2.50. The van der Waals surface area contributed by atoms with E-state index < -0.39 is 0 Å². The van der Waals surface area contributed by atoms with E-state index in [1.807, 2.05) is 24.3 Å². The number of hydrogen-bond acceptors (Lipinski definition) is 4. The standard InChI is InChI=1S/C18H19NO3/c1-21-17-8-4-15(5-9-17)18(20)14-2-6-16(7-3-14)19-10-12-22-13-11-19/h2-9H,10-13H2,1H3. The van der Waals surface area contributed by atoms with Gasteiger partial charge in [0.15, 0.2) is 5.78 Å². The minimum absolute atomic E-state index is 0.0242. The Labute approximate surface area is 130 Å². The quantitative estimate of drug-likeness (QED) is 0.814. The minimum Gasteiger partial charge on any atom is -0.497 e. The number of morpholine rings is 1. The highest BCUT2D eigenvalue weighted by atomic mass is 16.5. The molecule has 0 spiro atoms. The van der Waals surface area contributed by atoms with Crippen LogP contribution in [0.25, 0.3) is 0 Å². The molecule has 2 aromatic rings. The first kappa shape index (κ1) is 14.6. The maximum absolute atomic E-state index is 12.5. The van der Waals surface area contributed by atoms with Gasteiger partial charge in [-0.3, -0.25) is 4.79 Å². The van der Waals surface area contributed by atoms with Crippen molar-refractivity contribution in [3.63, 3.8) is 0 Å². The Morgan fingerprint density at radius 1 is 0.955 bits per heavy atom. The number of nitrogens with zero attached hydrogens (tertiary/aromatic N) is 1. The number of ether oxygens (including phenoxy) is 2. The van der Waals surface area contributed by atoms with Crippen LogP contribution in [-0.4, -0.2) is 39.2 Å². The lowest BCUT2D eigenvalue weighted by molar-refractivity contribution is 0.103. The predicted octanol–water partition coefficient (Wildman–Crippen LogP) is 2.76. The fourth-order valence-electron chi connectivity index (χ4n) is 2.55. The minimum atomic E-state index is 0.0242. The third-order valence-electron chi connectivity index (χ3n) is 3.86. The highest BCUT2D eigenvalue weighted by Gasteiger charge is 2.13. The smallest absolute Gasteiger partial charge is 0.193 e. The molecule has 0 atom stereocenters. The number of rotatable bonds is 4. The Morgan fingerprint density at radius 3 is 2.05 bits per heavy atom. The van der Waals surface area contributed by atoms with E-state index in [2.05, 4.69) is 4.90 Å². The van der Waals surface area contributed by atoms with Crippen molar-refractivity contribution in [3.8, 4) is 5.75 Å². The molecule has 0 unspecified atom stereocenters. The summed E-state index contributed by atoms with van der Waals surface area (Å²) in [6.45, 7) is 3.30. The topological polar surface area (TPSA) is 38.8 Å². The number of methoxy groups -OCH3 is 1. The molecule has 0 aliphatic carbocycles. The second kappa shape index (κ2) is 6.62. The van der Waals surface area contributed by atoms with E-state index in [1.54, 1.807) is 31.4 Å². The van der Waals surface area contributed by atoms with E-state index in [1.165, 1.54) is 0 Å². The molecule has 0 amide bonds. The van der Waals surface area contributed by atoms with Gasteiger partial charge in [0.2, 0.25) is 0 Å². The summed E-state index contributed by atoms with van der Waals surface area (Å²) in [5, 5.41) is 0. The van der Waals surface area contributed by atoms with Gasteiger partial charge in [-0.1, -0.05) is 0 Å². The molecule has 1 aliphatic heterocycles. The summed E-state index contributed by atoms with van der Waals surface area (Å²) in [5.74, 6) is 0.774. The number of benzene rings is 2. The lowest BCUT2D eigenvalue weighted by Gasteiger charge is -2.28. The molecule has 0 radical (unpaired) electrons. The van der Waals surface area contributed by atoms with Crippen LogP contribution >= 0.6 is 0 Å². The van der Waals surface area contributed by atoms with Crippen molar-refractivity contribution in [2.24, 2.45) is 0 Å². The molecule has 3 rings (SSSR count). The SMILES string of the molecule is COc1ccc(C(=O)c2ccc(N3CCOCC3)cc2)cc1. The third kappa shape index (κ3) is 3.12. The zero-order valence-corrected chi connectivity index (χ0v) is 12.6. The second-order valence-electron chi connectivity index (χ2n) is 5.20. The van der Waals surface area contributed by atoms with Crippen molar-refractivity contribution >= 4 is 11.5 Å². The summed E-state index contributed by atoms with van der Waals surface area (Å²) < 4.78 is 10.5. The maximum atomic E-state index is 12.5. The van der Waals surface area contributed by atoms with Gasteiger partial charge in [0, 0.05) is 29.9 Å². The first-order valence-corrected chi connectivity index (χ1v) is 7.39. The van der Waals surface area contributed by atoms with Gasteiger partial charge >= 0.3 is 0 Å². The predicted molar refractivity (Wildman–Crippen MR) is 85.9 cm³/mol. The highest BCUT2D eigenvalue weighted by molar-refractivity contribution is 6.09. The molecular formula is C18H19NO3. The van der Waals surface area contributed by atoms with Gasteiger partial charge in [-0.2, -0.15) is 0 Å². The number of hydrogen-bond donors (Lipinski definition) is 0. The lowest BCUT2D eigenvalue weighted by atomic mass is 10.0. The van der Waals surface area contributed by atoms with Crippen molar-refractivity contribution in [1.82, 2.24) is 0 Å². The molecule has 0 bridgehead atoms. The first-order valence-electron chi connectivity index (χ1n) is 7.39. The highest BCUT2D eigenvalue weighted by Crippen LogP contribution is 2.19. The van der Waals surface area contributed by atoms with Gasteiger partial charge in [0.25, 0.3) is 0 Å². The maximum Gasteiger partial charge on any atom is 0.193 e. The van der Waals surface area contributed by atoms with E-state index in [0.29, 0.717) is 11.1 Å². The average molecular weight is 297 g/mol. The van der Waals surface area contributed by atoms with Gasteiger partial charge in [0.1, 0.15) is 5.75 Å². The second-order valence-corrected chi connectivity index (χ2v) is 5.20. The fourth-order valence-corrected chi connectivity index (χ4v) is 2.55. The number of anilines is 1. The molecule has 4 heteroatoms. The van der Waals surface area contributed by atoms with Crippen LogP contribution in [0.5, 0.6) is 5.75 Å². The molecule has 0 aromatic heterocycles. The Hall–Kier alpha value is -2.33. The van der Waals surface area contributed by atoms with Crippen molar-refractivity contribution in [2.45, 2.75) is 0 Å². The fraction of sp³-hybridized carbons (Fsp3) is 0.278. The van der Waals surface area contributed by atoms with E-state index in [-0.39, 0.29) is 5.78 Å². The number of carbonyl (C=O) groups excluding carboxylic acids is 1. The molecular weight excluding hydrogens is 278 g/mol. The average Bonchev–Trinajstić information content (AvgIpc) is 2.62. The Balaban J connectivity index is 1.74. The lowest BCUT2D eigenvalue weighted by Crippen LogP contribution is -2.36. The van der Waals surface area contributed by atoms with Crippen LogP contribution in [0, 0.1) is 0 Å². The van der Waals surface area contributed by atoms with Crippen LogP contribution in [0.4, 0.5) is 5.69 Å². The monoisotopic (exact) mass is 297 g/mol. The normalized spacial score (nSPS) is 14.7. The van der Waals surface area contributed by atoms with Crippen LogP contribution in [0.15, 0.2) is 48.5 Å². The summed E-state index contributed by atoms with van der Waals surface area (Å²) in [7, 11) is 1.61. The van der Waals surface area contributed by atoms with Gasteiger partial charge in [0.05, 0.1) is 20.3 Å². The molecule has 22 heavy (non-hydrogen) atoms. The van der Waals surface area contributed by atoms with E-state index in [0.717, 1.165) is 37.7 Å². The number of carbonyl (C=O) groups is 1. The molecule has 2 aromatic carbocycles. The van der Waals surface area contributed by atoms with Crippen LogP contribution in [0.3, 0.4) is 0 Å². The first-order chi connectivity index (χ1) is 10.8. The molecule has 1 heterocycles. The van der Waals surface area contributed by atoms with Crippen LogP contribution in [0.2, 0.25) is 0 Å². The molecule has 114 valence electrons. The van der Waals surface area contributed by atoms with Gasteiger partial charge in [-0.15, -0.1) is 0 Å². The van der Waals surface area contributed by atoms with Crippen molar-refractivity contribution in [3.05, 3.63) is 59.7 Å². The third-order valence-corrected chi connectivity index (χ3v) is 3.86. The number of ketones is 1.